The maximum absolute atomic E-state index is 13.4. The third kappa shape index (κ3) is 4.22. The van der Waals surface area contributed by atoms with Crippen LogP contribution < -0.4 is 15.8 Å². The number of hydrogen-bond acceptors (Lipinski definition) is 6. The van der Waals surface area contributed by atoms with E-state index >= 15 is 0 Å². The number of piperidine rings is 1. The molecule has 3 heterocycles. The highest BCUT2D eigenvalue weighted by atomic mass is 19.1. The largest absolute Gasteiger partial charge is 0.388 e. The van der Waals surface area contributed by atoms with Gasteiger partial charge >= 0.3 is 0 Å². The van der Waals surface area contributed by atoms with Crippen molar-refractivity contribution in [3.8, 4) is 11.3 Å². The Hall–Kier alpha value is -3.56. The number of fused-ring (bicyclic) bond motifs is 2. The lowest BCUT2D eigenvalue weighted by Gasteiger charge is -2.39. The van der Waals surface area contributed by atoms with Gasteiger partial charge < -0.3 is 15.3 Å². The third-order valence-corrected chi connectivity index (χ3v) is 8.01. The van der Waals surface area contributed by atoms with Gasteiger partial charge in [0.2, 0.25) is 0 Å². The molecule has 9 heteroatoms. The van der Waals surface area contributed by atoms with Crippen LogP contribution in [0.3, 0.4) is 0 Å². The zero-order valence-electron chi connectivity index (χ0n) is 21.1. The van der Waals surface area contributed by atoms with Crippen molar-refractivity contribution in [1.82, 2.24) is 24.6 Å². The topological polar surface area (TPSA) is 88.2 Å². The SMILES string of the molecule is CNC1CCc2cc(-c3c4ncn(CC5(O)CCN(c6ccc(F)cc6)CC5)c(=O)c4nn3C)ccc21. The fraction of sp³-hybridized carbons (Fsp3) is 0.393. The molecule has 0 bridgehead atoms. The van der Waals surface area contributed by atoms with Crippen molar-refractivity contribution >= 4 is 16.7 Å². The molecule has 1 fully saturated rings. The molecule has 6 rings (SSSR count). The molecule has 2 aromatic heterocycles. The number of aromatic nitrogens is 4. The van der Waals surface area contributed by atoms with E-state index in [0.29, 0.717) is 43.0 Å². The minimum absolute atomic E-state index is 0.155. The summed E-state index contributed by atoms with van der Waals surface area (Å²) >= 11 is 0. The zero-order valence-corrected chi connectivity index (χ0v) is 21.1. The Bertz CT molecular complexity index is 1520. The van der Waals surface area contributed by atoms with E-state index < -0.39 is 5.60 Å². The van der Waals surface area contributed by atoms with Crippen molar-refractivity contribution in [2.45, 2.75) is 43.9 Å². The Morgan fingerprint density at radius 1 is 1.14 bits per heavy atom. The second kappa shape index (κ2) is 9.08. The van der Waals surface area contributed by atoms with Gasteiger partial charge in [-0.3, -0.25) is 14.0 Å². The molecule has 1 atom stereocenters. The van der Waals surface area contributed by atoms with Crippen molar-refractivity contribution < 1.29 is 9.50 Å². The van der Waals surface area contributed by atoms with Gasteiger partial charge in [0.1, 0.15) is 11.3 Å². The van der Waals surface area contributed by atoms with Crippen molar-refractivity contribution in [3.63, 3.8) is 0 Å². The molecule has 8 nitrogen and oxygen atoms in total. The molecule has 37 heavy (non-hydrogen) atoms. The van der Waals surface area contributed by atoms with Crippen LogP contribution in [0.4, 0.5) is 10.1 Å². The van der Waals surface area contributed by atoms with Crippen LogP contribution in [-0.2, 0) is 20.0 Å². The standard InChI is InChI=1S/C28H31FN6O2/c1-30-23-10-4-18-15-19(3-9-22(18)23)26-24-25(32-33(26)2)27(36)35(17-31-24)16-28(37)11-13-34(14-12-28)21-7-5-20(29)6-8-21/h3,5-9,15,17,23,30,37H,4,10-14,16H2,1-2H3. The Kier molecular flexibility index (Phi) is 5.84. The van der Waals surface area contributed by atoms with Crippen molar-refractivity contribution in [3.05, 3.63) is 76.1 Å². The van der Waals surface area contributed by atoms with E-state index in [-0.39, 0.29) is 17.9 Å². The normalized spacial score (nSPS) is 18.9. The summed E-state index contributed by atoms with van der Waals surface area (Å²) in [5.74, 6) is -0.268. The Balaban J connectivity index is 1.25. The molecule has 192 valence electrons. The smallest absolute Gasteiger partial charge is 0.281 e. The Morgan fingerprint density at radius 2 is 1.89 bits per heavy atom. The highest BCUT2D eigenvalue weighted by molar-refractivity contribution is 5.89. The summed E-state index contributed by atoms with van der Waals surface area (Å²) in [6, 6.07) is 13.2. The second-order valence-electron chi connectivity index (χ2n) is 10.3. The third-order valence-electron chi connectivity index (χ3n) is 8.01. The maximum Gasteiger partial charge on any atom is 0.281 e. The molecule has 0 saturated carbocycles. The van der Waals surface area contributed by atoms with Gasteiger partial charge in [-0.2, -0.15) is 5.10 Å². The number of nitrogens with one attached hydrogen (secondary N) is 1. The predicted molar refractivity (Wildman–Crippen MR) is 141 cm³/mol. The van der Waals surface area contributed by atoms with Gasteiger partial charge in [-0.15, -0.1) is 0 Å². The first-order chi connectivity index (χ1) is 17.8. The molecule has 2 N–H and O–H groups in total. The molecular formula is C28H31FN6O2. The number of benzene rings is 2. The molecule has 0 radical (unpaired) electrons. The molecule has 4 aromatic rings. The average Bonchev–Trinajstić information content (AvgIpc) is 3.46. The minimum Gasteiger partial charge on any atom is -0.388 e. The van der Waals surface area contributed by atoms with E-state index in [9.17, 15) is 14.3 Å². The quantitative estimate of drug-likeness (QED) is 0.436. The number of halogens is 1. The van der Waals surface area contributed by atoms with E-state index in [1.54, 1.807) is 16.8 Å². The van der Waals surface area contributed by atoms with Crippen molar-refractivity contribution in [2.75, 3.05) is 25.0 Å². The molecular weight excluding hydrogens is 471 g/mol. The molecule has 0 spiro atoms. The highest BCUT2D eigenvalue weighted by Gasteiger charge is 2.34. The van der Waals surface area contributed by atoms with Crippen LogP contribution in [0.15, 0.2) is 53.6 Å². The molecule has 1 unspecified atom stereocenters. The number of anilines is 1. The van der Waals surface area contributed by atoms with Crippen LogP contribution in [0.5, 0.6) is 0 Å². The van der Waals surface area contributed by atoms with E-state index in [1.165, 1.54) is 34.2 Å². The zero-order chi connectivity index (χ0) is 25.7. The van der Waals surface area contributed by atoms with Gasteiger partial charge in [0.25, 0.3) is 5.56 Å². The molecule has 2 aliphatic rings. The fourth-order valence-corrected chi connectivity index (χ4v) is 5.90. The monoisotopic (exact) mass is 502 g/mol. The van der Waals surface area contributed by atoms with Crippen LogP contribution in [-0.4, -0.2) is 50.2 Å². The van der Waals surface area contributed by atoms with Gasteiger partial charge in [-0.1, -0.05) is 12.1 Å². The van der Waals surface area contributed by atoms with E-state index in [1.807, 2.05) is 14.1 Å². The Labute approximate surface area is 214 Å². The number of aryl methyl sites for hydroxylation is 2. The summed E-state index contributed by atoms with van der Waals surface area (Å²) in [5, 5.41) is 19.2. The predicted octanol–water partition coefficient (Wildman–Crippen LogP) is 3.17. The Morgan fingerprint density at radius 3 is 2.62 bits per heavy atom. The average molecular weight is 503 g/mol. The molecule has 2 aromatic carbocycles. The van der Waals surface area contributed by atoms with Gasteiger partial charge in [-0.25, -0.2) is 9.37 Å². The van der Waals surface area contributed by atoms with E-state index in [4.69, 9.17) is 0 Å². The maximum atomic E-state index is 13.4. The van der Waals surface area contributed by atoms with Crippen LogP contribution in [0, 0.1) is 5.82 Å². The van der Waals surface area contributed by atoms with Gasteiger partial charge in [0.15, 0.2) is 5.52 Å². The lowest BCUT2D eigenvalue weighted by atomic mass is 9.91. The van der Waals surface area contributed by atoms with Crippen molar-refractivity contribution in [2.24, 2.45) is 7.05 Å². The number of aliphatic hydroxyl groups is 1. The van der Waals surface area contributed by atoms with E-state index in [0.717, 1.165) is 29.8 Å². The van der Waals surface area contributed by atoms with Gasteiger partial charge in [0.05, 0.1) is 24.2 Å². The fourth-order valence-electron chi connectivity index (χ4n) is 5.90. The molecule has 0 amide bonds. The summed E-state index contributed by atoms with van der Waals surface area (Å²) in [6.07, 6.45) is 4.61. The van der Waals surface area contributed by atoms with Crippen molar-refractivity contribution in [1.29, 1.82) is 0 Å². The van der Waals surface area contributed by atoms with Crippen LogP contribution in [0.1, 0.15) is 36.4 Å². The lowest BCUT2D eigenvalue weighted by Crippen LogP contribution is -2.48. The van der Waals surface area contributed by atoms with E-state index in [2.05, 4.69) is 38.5 Å². The molecule has 1 aliphatic heterocycles. The lowest BCUT2D eigenvalue weighted by molar-refractivity contribution is -0.00102. The van der Waals surface area contributed by atoms with Gasteiger partial charge in [0, 0.05) is 37.4 Å². The number of hydrogen-bond donors (Lipinski definition) is 2. The summed E-state index contributed by atoms with van der Waals surface area (Å²) in [5.41, 5.74) is 4.98. The second-order valence-corrected chi connectivity index (χ2v) is 10.3. The first-order valence-corrected chi connectivity index (χ1v) is 12.8. The number of rotatable bonds is 5. The molecule has 1 aliphatic carbocycles. The summed E-state index contributed by atoms with van der Waals surface area (Å²) in [4.78, 5) is 20.2. The van der Waals surface area contributed by atoms with Crippen LogP contribution in [0.2, 0.25) is 0 Å². The summed E-state index contributed by atoms with van der Waals surface area (Å²) in [7, 11) is 3.83. The van der Waals surface area contributed by atoms with Crippen LogP contribution in [0.25, 0.3) is 22.3 Å². The summed E-state index contributed by atoms with van der Waals surface area (Å²) in [6.45, 7) is 1.39. The first kappa shape index (κ1) is 23.8. The number of nitrogens with zero attached hydrogens (tertiary/aromatic N) is 5. The minimum atomic E-state index is -1.03. The first-order valence-electron chi connectivity index (χ1n) is 12.8. The molecule has 1 saturated heterocycles. The van der Waals surface area contributed by atoms with Crippen LogP contribution >= 0.6 is 0 Å². The van der Waals surface area contributed by atoms with Gasteiger partial charge in [-0.05, 0) is 74.2 Å². The highest BCUT2D eigenvalue weighted by Crippen LogP contribution is 2.35. The summed E-state index contributed by atoms with van der Waals surface area (Å²) < 4.78 is 16.5.